The summed E-state index contributed by atoms with van der Waals surface area (Å²) in [7, 11) is 0. The van der Waals surface area contributed by atoms with Crippen LogP contribution in [-0.2, 0) is 23.8 Å². The lowest BCUT2D eigenvalue weighted by atomic mass is 9.89. The Labute approximate surface area is 325 Å². The summed E-state index contributed by atoms with van der Waals surface area (Å²) in [6.45, 7) is 15.5. The van der Waals surface area contributed by atoms with Gasteiger partial charge < -0.3 is 24.3 Å². The van der Waals surface area contributed by atoms with E-state index in [9.17, 15) is 19.2 Å². The van der Waals surface area contributed by atoms with Gasteiger partial charge in [0, 0.05) is 56.6 Å². The summed E-state index contributed by atoms with van der Waals surface area (Å²) in [6, 6.07) is 10.1. The highest BCUT2D eigenvalue weighted by atomic mass is 16.6. The molecule has 1 atom stereocenters. The second kappa shape index (κ2) is 18.7. The molecule has 4 aliphatic rings. The SMILES string of the molecule is [C-]#[N+]c1ccc2ncnc(NC3CCC(N4CCN(CCOCCOCCOCCOc5ccc6c(c5)C(=O)N(C5CCC(=O)NC5=O)C6=O)CC4)CC3)c2c1. The van der Waals surface area contributed by atoms with Gasteiger partial charge in [0.05, 0.1) is 62.9 Å². The fourth-order valence-electron chi connectivity index (χ4n) is 7.85. The first kappa shape index (κ1) is 39.2. The van der Waals surface area contributed by atoms with Crippen LogP contribution in [0.1, 0.15) is 59.2 Å². The van der Waals surface area contributed by atoms with Gasteiger partial charge >= 0.3 is 0 Å². The quantitative estimate of drug-likeness (QED) is 0.117. The van der Waals surface area contributed by atoms with Crippen LogP contribution in [0, 0.1) is 6.57 Å². The lowest BCUT2D eigenvalue weighted by Crippen LogP contribution is -2.54. The number of imide groups is 2. The number of benzene rings is 2. The first-order chi connectivity index (χ1) is 27.4. The van der Waals surface area contributed by atoms with Gasteiger partial charge in [0.15, 0.2) is 5.69 Å². The van der Waals surface area contributed by atoms with E-state index in [1.54, 1.807) is 18.5 Å². The minimum atomic E-state index is -1.01. The first-order valence-electron chi connectivity index (χ1n) is 19.4. The number of hydrogen-bond donors (Lipinski definition) is 2. The number of nitrogens with zero attached hydrogens (tertiary/aromatic N) is 6. The van der Waals surface area contributed by atoms with Crippen molar-refractivity contribution < 1.29 is 38.1 Å². The second-order valence-electron chi connectivity index (χ2n) is 14.4. The van der Waals surface area contributed by atoms with Crippen molar-refractivity contribution in [3.05, 3.63) is 65.3 Å². The van der Waals surface area contributed by atoms with Crippen LogP contribution in [-0.4, -0.2) is 145 Å². The van der Waals surface area contributed by atoms with Crippen molar-refractivity contribution in [2.75, 3.05) is 84.3 Å². The fraction of sp³-hybridized carbons (Fsp3) is 0.525. The van der Waals surface area contributed by atoms with E-state index in [0.29, 0.717) is 63.2 Å². The Morgan fingerprint density at radius 1 is 0.786 bits per heavy atom. The van der Waals surface area contributed by atoms with Crippen LogP contribution in [0.5, 0.6) is 5.75 Å². The van der Waals surface area contributed by atoms with Gasteiger partial charge in [-0.15, -0.1) is 0 Å². The lowest BCUT2D eigenvalue weighted by molar-refractivity contribution is -0.136. The molecule has 2 N–H and O–H groups in total. The molecule has 1 aromatic heterocycles. The van der Waals surface area contributed by atoms with Gasteiger partial charge in [-0.05, 0) is 62.4 Å². The van der Waals surface area contributed by atoms with E-state index >= 15 is 0 Å². The van der Waals surface area contributed by atoms with Gasteiger partial charge in [-0.1, -0.05) is 6.07 Å². The van der Waals surface area contributed by atoms with E-state index in [-0.39, 0.29) is 30.6 Å². The third-order valence-corrected chi connectivity index (χ3v) is 10.9. The molecule has 7 rings (SSSR count). The molecule has 16 nitrogen and oxygen atoms in total. The summed E-state index contributed by atoms with van der Waals surface area (Å²) >= 11 is 0. The Morgan fingerprint density at radius 2 is 1.50 bits per heavy atom. The highest BCUT2D eigenvalue weighted by Crippen LogP contribution is 2.31. The molecule has 2 aromatic carbocycles. The first-order valence-corrected chi connectivity index (χ1v) is 19.4. The number of carbonyl (C=O) groups excluding carboxylic acids is 4. The van der Waals surface area contributed by atoms with Crippen molar-refractivity contribution in [1.82, 2.24) is 30.0 Å². The molecule has 0 radical (unpaired) electrons. The van der Waals surface area contributed by atoms with E-state index in [2.05, 4.69) is 35.2 Å². The second-order valence-corrected chi connectivity index (χ2v) is 14.4. The maximum Gasteiger partial charge on any atom is 0.262 e. The van der Waals surface area contributed by atoms with Crippen LogP contribution in [0.15, 0.2) is 42.7 Å². The molecular weight excluding hydrogens is 720 g/mol. The highest BCUT2D eigenvalue weighted by Gasteiger charge is 2.44. The fourth-order valence-corrected chi connectivity index (χ4v) is 7.85. The number of anilines is 1. The Bertz CT molecular complexity index is 1940. The number of aromatic nitrogens is 2. The predicted octanol–water partition coefficient (Wildman–Crippen LogP) is 3.05. The average Bonchev–Trinajstić information content (AvgIpc) is 3.46. The van der Waals surface area contributed by atoms with Gasteiger partial charge in [-0.25, -0.2) is 14.8 Å². The number of piperidine rings is 1. The minimum absolute atomic E-state index is 0.0680. The number of fused-ring (bicyclic) bond motifs is 2. The number of rotatable bonds is 17. The van der Waals surface area contributed by atoms with Crippen LogP contribution in [0.3, 0.4) is 0 Å². The van der Waals surface area contributed by atoms with E-state index in [0.717, 1.165) is 80.0 Å². The molecule has 2 saturated heterocycles. The molecule has 1 aliphatic carbocycles. The van der Waals surface area contributed by atoms with Crippen molar-refractivity contribution in [3.8, 4) is 5.75 Å². The summed E-state index contributed by atoms with van der Waals surface area (Å²) in [5, 5.41) is 6.73. The Morgan fingerprint density at radius 3 is 2.23 bits per heavy atom. The van der Waals surface area contributed by atoms with Crippen LogP contribution in [0.2, 0.25) is 0 Å². The van der Waals surface area contributed by atoms with Gasteiger partial charge in [0.2, 0.25) is 11.8 Å². The van der Waals surface area contributed by atoms with Gasteiger partial charge in [0.25, 0.3) is 11.8 Å². The van der Waals surface area contributed by atoms with Gasteiger partial charge in [-0.2, -0.15) is 0 Å². The Hall–Kier alpha value is -5.05. The molecule has 0 spiro atoms. The maximum atomic E-state index is 13.0. The molecule has 4 heterocycles. The molecular formula is C40H48N8O8. The molecule has 56 heavy (non-hydrogen) atoms. The summed E-state index contributed by atoms with van der Waals surface area (Å²) in [4.78, 5) is 68.0. The van der Waals surface area contributed by atoms with E-state index in [1.165, 1.54) is 12.1 Å². The van der Waals surface area contributed by atoms with Crippen LogP contribution < -0.4 is 15.4 Å². The molecule has 1 unspecified atom stereocenters. The number of ether oxygens (including phenoxy) is 4. The Balaban J connectivity index is 0.691. The number of carbonyl (C=O) groups is 4. The minimum Gasteiger partial charge on any atom is -0.491 e. The standard InChI is InChI=1S/C40H48N8O8/c1-41-28-4-9-34-33(24-28)37(43-26-42-34)44-27-2-5-29(6-3-27)47-14-12-46(13-15-47)16-17-53-18-19-54-20-21-55-22-23-56-30-7-8-31-32(25-30)40(52)48(39(31)51)35-10-11-36(49)45-38(35)50/h4,7-9,24-27,29,35H,2-3,5-6,10-23H2,(H,42,43,44)(H,45,49,50). The maximum absolute atomic E-state index is 13.0. The number of amides is 4. The summed E-state index contributed by atoms with van der Waals surface area (Å²) in [5.41, 5.74) is 1.82. The lowest BCUT2D eigenvalue weighted by Gasteiger charge is -2.42. The topological polar surface area (TPSA) is 169 Å². The van der Waals surface area contributed by atoms with E-state index in [4.69, 9.17) is 25.5 Å². The molecule has 4 amide bonds. The normalized spacial score (nSPS) is 21.9. The highest BCUT2D eigenvalue weighted by molar-refractivity contribution is 6.23. The van der Waals surface area contributed by atoms with Crippen molar-refractivity contribution in [2.45, 2.75) is 56.7 Å². The van der Waals surface area contributed by atoms with Crippen molar-refractivity contribution in [2.24, 2.45) is 0 Å². The molecule has 296 valence electrons. The molecule has 0 bridgehead atoms. The molecule has 3 fully saturated rings. The predicted molar refractivity (Wildman–Crippen MR) is 205 cm³/mol. The summed E-state index contributed by atoms with van der Waals surface area (Å²) in [6.07, 6.45) is 6.27. The number of hydrogen-bond acceptors (Lipinski definition) is 13. The third-order valence-electron chi connectivity index (χ3n) is 10.9. The van der Waals surface area contributed by atoms with Crippen LogP contribution >= 0.6 is 0 Å². The van der Waals surface area contributed by atoms with Crippen LogP contribution in [0.4, 0.5) is 11.5 Å². The largest absolute Gasteiger partial charge is 0.491 e. The zero-order valence-electron chi connectivity index (χ0n) is 31.5. The van der Waals surface area contributed by atoms with Gasteiger partial charge in [-0.3, -0.25) is 39.2 Å². The van der Waals surface area contributed by atoms with Crippen molar-refractivity contribution in [3.63, 3.8) is 0 Å². The molecule has 16 heteroatoms. The number of piperazine rings is 1. The van der Waals surface area contributed by atoms with E-state index in [1.807, 2.05) is 12.1 Å². The zero-order valence-corrected chi connectivity index (χ0v) is 31.5. The summed E-state index contributed by atoms with van der Waals surface area (Å²) < 4.78 is 22.8. The average molecular weight is 769 g/mol. The molecule has 3 aromatic rings. The smallest absolute Gasteiger partial charge is 0.262 e. The monoisotopic (exact) mass is 768 g/mol. The third kappa shape index (κ3) is 9.48. The summed E-state index contributed by atoms with van der Waals surface area (Å²) in [5.74, 6) is -0.959. The van der Waals surface area contributed by atoms with Crippen LogP contribution in [0.25, 0.3) is 15.7 Å². The Kier molecular flexibility index (Phi) is 13.1. The molecule has 1 saturated carbocycles. The molecule has 3 aliphatic heterocycles. The number of nitrogens with one attached hydrogen (secondary N) is 2. The van der Waals surface area contributed by atoms with Crippen molar-refractivity contribution >= 4 is 46.0 Å². The zero-order chi connectivity index (χ0) is 38.9. The van der Waals surface area contributed by atoms with Gasteiger partial charge in [0.1, 0.15) is 30.5 Å². The van der Waals surface area contributed by atoms with E-state index < -0.39 is 29.7 Å². The van der Waals surface area contributed by atoms with Crippen molar-refractivity contribution in [1.29, 1.82) is 0 Å².